The topological polar surface area (TPSA) is 123 Å². The van der Waals surface area contributed by atoms with Gasteiger partial charge in [-0.1, -0.05) is 12.1 Å². The van der Waals surface area contributed by atoms with Crippen LogP contribution in [-0.4, -0.2) is 62.6 Å². The number of hydrogen-bond donors (Lipinski definition) is 4. The van der Waals surface area contributed by atoms with Crippen LogP contribution in [0.25, 0.3) is 22.3 Å². The van der Waals surface area contributed by atoms with Gasteiger partial charge in [-0.2, -0.15) is 0 Å². The molecule has 4 N–H and O–H groups in total. The molecule has 1 atom stereocenters. The fraction of sp³-hybridized carbons (Fsp3) is 0.333. The molecule has 0 radical (unpaired) electrons. The summed E-state index contributed by atoms with van der Waals surface area (Å²) >= 11 is 0. The average molecular weight is 406 g/mol. The first-order chi connectivity index (χ1) is 14.5. The molecular weight excluding hydrogens is 384 g/mol. The van der Waals surface area contributed by atoms with E-state index >= 15 is 0 Å². The molecule has 5 rings (SSSR count). The molecule has 1 aromatic carbocycles. The Bertz CT molecular complexity index is 1170. The molecule has 30 heavy (non-hydrogen) atoms. The van der Waals surface area contributed by atoms with E-state index in [-0.39, 0.29) is 11.9 Å². The van der Waals surface area contributed by atoms with Gasteiger partial charge in [-0.05, 0) is 25.5 Å². The van der Waals surface area contributed by atoms with Crippen LogP contribution >= 0.6 is 0 Å². The first kappa shape index (κ1) is 18.4. The molecule has 2 aliphatic heterocycles. The molecule has 0 bridgehead atoms. The van der Waals surface area contributed by atoms with Crippen LogP contribution in [0, 0.1) is 6.92 Å². The van der Waals surface area contributed by atoms with Gasteiger partial charge in [0.25, 0.3) is 5.91 Å². The zero-order valence-corrected chi connectivity index (χ0v) is 16.5. The van der Waals surface area contributed by atoms with E-state index in [1.807, 2.05) is 31.2 Å². The van der Waals surface area contributed by atoms with Gasteiger partial charge in [0.1, 0.15) is 11.3 Å². The summed E-state index contributed by atoms with van der Waals surface area (Å²) in [6.45, 7) is 3.45. The van der Waals surface area contributed by atoms with Gasteiger partial charge >= 0.3 is 6.09 Å². The number of likely N-dealkylation sites (tertiary alicyclic amines) is 1. The predicted molar refractivity (Wildman–Crippen MR) is 112 cm³/mol. The number of H-pyrrole nitrogens is 1. The van der Waals surface area contributed by atoms with E-state index in [2.05, 4.69) is 15.6 Å². The first-order valence-corrected chi connectivity index (χ1v) is 10.0. The summed E-state index contributed by atoms with van der Waals surface area (Å²) in [6.07, 6.45) is 0.596. The third-order valence-corrected chi connectivity index (χ3v) is 5.76. The monoisotopic (exact) mass is 406 g/mol. The standard InChI is InChI=1S/C21H22N6O3/c1-11-19(24-12-6-8-27(10-12)21(29)30)26-18-13(3-2-4-16(18)23-11)17-9-14-15(25-17)5-7-22-20(14)28/h2-4,9,12,25H,5-8,10H2,1H3,(H,22,28)(H,24,26)(H,29,30)/t12-/m1/s1. The number of carbonyl (C=O) groups excluding carboxylic acids is 1. The molecule has 0 spiro atoms. The molecule has 4 heterocycles. The second-order valence-corrected chi connectivity index (χ2v) is 7.77. The van der Waals surface area contributed by atoms with Crippen LogP contribution in [0.4, 0.5) is 10.6 Å². The fourth-order valence-electron chi connectivity index (χ4n) is 4.20. The number of carboxylic acid groups (broad SMARTS) is 1. The Hall–Kier alpha value is -3.62. The zero-order valence-electron chi connectivity index (χ0n) is 16.5. The number of aromatic nitrogens is 3. The number of nitrogens with zero attached hydrogens (tertiary/aromatic N) is 3. The minimum Gasteiger partial charge on any atom is -0.465 e. The lowest BCUT2D eigenvalue weighted by Crippen LogP contribution is -2.31. The molecule has 0 aliphatic carbocycles. The maximum absolute atomic E-state index is 12.1. The maximum atomic E-state index is 12.1. The molecule has 2 aromatic heterocycles. The molecular formula is C21H22N6O3. The second-order valence-electron chi connectivity index (χ2n) is 7.77. The molecule has 3 aromatic rings. The largest absolute Gasteiger partial charge is 0.465 e. The molecule has 2 aliphatic rings. The Morgan fingerprint density at radius 2 is 2.17 bits per heavy atom. The number of benzene rings is 1. The van der Waals surface area contributed by atoms with Crippen LogP contribution in [0.2, 0.25) is 0 Å². The normalized spacial score (nSPS) is 18.4. The van der Waals surface area contributed by atoms with Gasteiger partial charge in [-0.15, -0.1) is 0 Å². The lowest BCUT2D eigenvalue weighted by molar-refractivity contribution is 0.0946. The van der Waals surface area contributed by atoms with Gasteiger partial charge in [-0.3, -0.25) is 4.79 Å². The minimum atomic E-state index is -0.900. The van der Waals surface area contributed by atoms with Crippen LogP contribution in [0.3, 0.4) is 0 Å². The Morgan fingerprint density at radius 1 is 1.30 bits per heavy atom. The van der Waals surface area contributed by atoms with Gasteiger partial charge in [0.2, 0.25) is 0 Å². The van der Waals surface area contributed by atoms with Crippen molar-refractivity contribution in [1.82, 2.24) is 25.2 Å². The van der Waals surface area contributed by atoms with E-state index in [0.29, 0.717) is 31.0 Å². The van der Waals surface area contributed by atoms with Crippen LogP contribution in [0.15, 0.2) is 24.3 Å². The van der Waals surface area contributed by atoms with E-state index < -0.39 is 6.09 Å². The molecule has 2 amide bonds. The summed E-state index contributed by atoms with van der Waals surface area (Å²) in [6, 6.07) is 7.68. The van der Waals surface area contributed by atoms with E-state index in [1.54, 1.807) is 0 Å². The van der Waals surface area contributed by atoms with E-state index in [0.717, 1.165) is 46.5 Å². The summed E-state index contributed by atoms with van der Waals surface area (Å²) in [4.78, 5) is 37.7. The third kappa shape index (κ3) is 3.12. The number of rotatable bonds is 3. The first-order valence-electron chi connectivity index (χ1n) is 10.0. The summed E-state index contributed by atoms with van der Waals surface area (Å²) in [5.74, 6) is 0.591. The highest BCUT2D eigenvalue weighted by Gasteiger charge is 2.27. The van der Waals surface area contributed by atoms with Crippen molar-refractivity contribution in [1.29, 1.82) is 0 Å². The number of para-hydroxylation sites is 1. The highest BCUT2D eigenvalue weighted by Crippen LogP contribution is 2.30. The summed E-state index contributed by atoms with van der Waals surface area (Å²) in [5.41, 5.74) is 5.59. The van der Waals surface area contributed by atoms with Crippen LogP contribution in [0.1, 0.15) is 28.2 Å². The Labute approximate surface area is 172 Å². The Balaban J connectivity index is 1.52. The Morgan fingerprint density at radius 3 is 2.93 bits per heavy atom. The Kier molecular flexibility index (Phi) is 4.30. The molecule has 9 heteroatoms. The highest BCUT2D eigenvalue weighted by atomic mass is 16.4. The number of nitrogens with one attached hydrogen (secondary N) is 3. The van der Waals surface area contributed by atoms with Crippen molar-refractivity contribution >= 4 is 28.9 Å². The van der Waals surface area contributed by atoms with Gasteiger partial charge < -0.3 is 25.6 Å². The molecule has 0 saturated carbocycles. The predicted octanol–water partition coefficient (Wildman–Crippen LogP) is 2.38. The van der Waals surface area contributed by atoms with Crippen molar-refractivity contribution < 1.29 is 14.7 Å². The number of fused-ring (bicyclic) bond motifs is 2. The SMILES string of the molecule is Cc1nc2cccc(-c3cc4c([nH]3)CCNC4=O)c2nc1N[C@@H]1CCN(C(=O)O)C1. The molecule has 9 nitrogen and oxygen atoms in total. The van der Waals surface area contributed by atoms with Crippen molar-refractivity contribution in [3.8, 4) is 11.3 Å². The number of amides is 2. The quantitative estimate of drug-likeness (QED) is 0.530. The van der Waals surface area contributed by atoms with Crippen molar-refractivity contribution in [2.75, 3.05) is 25.0 Å². The van der Waals surface area contributed by atoms with Gasteiger partial charge in [0.05, 0.1) is 16.8 Å². The molecule has 1 fully saturated rings. The zero-order chi connectivity index (χ0) is 20.8. The maximum Gasteiger partial charge on any atom is 0.407 e. The number of aryl methyl sites for hydroxylation is 1. The van der Waals surface area contributed by atoms with Gasteiger partial charge in [-0.25, -0.2) is 14.8 Å². The lowest BCUT2D eigenvalue weighted by Gasteiger charge is -2.16. The third-order valence-electron chi connectivity index (χ3n) is 5.76. The van der Waals surface area contributed by atoms with Crippen molar-refractivity contribution in [2.45, 2.75) is 25.8 Å². The molecule has 1 saturated heterocycles. The fourth-order valence-corrected chi connectivity index (χ4v) is 4.20. The molecule has 0 unspecified atom stereocenters. The van der Waals surface area contributed by atoms with Crippen molar-refractivity contribution in [3.05, 3.63) is 41.2 Å². The number of carbonyl (C=O) groups is 2. The van der Waals surface area contributed by atoms with E-state index in [1.165, 1.54) is 4.90 Å². The molecule has 154 valence electrons. The number of aromatic amines is 1. The van der Waals surface area contributed by atoms with Crippen LogP contribution in [0.5, 0.6) is 0 Å². The van der Waals surface area contributed by atoms with E-state index in [9.17, 15) is 14.7 Å². The van der Waals surface area contributed by atoms with Crippen LogP contribution in [-0.2, 0) is 6.42 Å². The number of anilines is 1. The lowest BCUT2D eigenvalue weighted by atomic mass is 10.1. The van der Waals surface area contributed by atoms with Gasteiger partial charge in [0.15, 0.2) is 0 Å². The second kappa shape index (κ2) is 7.01. The summed E-state index contributed by atoms with van der Waals surface area (Å²) in [5, 5.41) is 15.4. The van der Waals surface area contributed by atoms with Crippen LogP contribution < -0.4 is 10.6 Å². The highest BCUT2D eigenvalue weighted by molar-refractivity contribution is 5.99. The minimum absolute atomic E-state index is 0.000194. The summed E-state index contributed by atoms with van der Waals surface area (Å²) < 4.78 is 0. The summed E-state index contributed by atoms with van der Waals surface area (Å²) in [7, 11) is 0. The van der Waals surface area contributed by atoms with Crippen molar-refractivity contribution in [3.63, 3.8) is 0 Å². The number of hydrogen-bond acceptors (Lipinski definition) is 5. The van der Waals surface area contributed by atoms with E-state index in [4.69, 9.17) is 9.97 Å². The average Bonchev–Trinajstić information content (AvgIpc) is 3.36. The smallest absolute Gasteiger partial charge is 0.407 e. The van der Waals surface area contributed by atoms with Gasteiger partial charge in [0, 0.05) is 49.0 Å². The van der Waals surface area contributed by atoms with Crippen molar-refractivity contribution in [2.24, 2.45) is 0 Å².